The van der Waals surface area contributed by atoms with E-state index in [-0.39, 0.29) is 6.04 Å². The summed E-state index contributed by atoms with van der Waals surface area (Å²) in [5, 5.41) is 9.07. The lowest BCUT2D eigenvalue weighted by Gasteiger charge is -2.20. The Bertz CT molecular complexity index is 606. The smallest absolute Gasteiger partial charge is 0.201 e. The van der Waals surface area contributed by atoms with Crippen molar-refractivity contribution in [3.8, 4) is 6.07 Å². The van der Waals surface area contributed by atoms with Crippen molar-refractivity contribution in [2.75, 3.05) is 26.4 Å². The number of aromatic nitrogens is 2. The average Bonchev–Trinajstić information content (AvgIpc) is 2.63. The number of benzene rings is 1. The van der Waals surface area contributed by atoms with Gasteiger partial charge in [0.1, 0.15) is 11.6 Å². The van der Waals surface area contributed by atoms with Crippen molar-refractivity contribution >= 4 is 17.0 Å². The number of rotatable bonds is 3. The van der Waals surface area contributed by atoms with Gasteiger partial charge >= 0.3 is 0 Å². The van der Waals surface area contributed by atoms with E-state index in [4.69, 9.17) is 11.0 Å². The van der Waals surface area contributed by atoms with Gasteiger partial charge < -0.3 is 15.2 Å². The van der Waals surface area contributed by atoms with E-state index < -0.39 is 0 Å². The van der Waals surface area contributed by atoms with E-state index in [2.05, 4.69) is 22.9 Å². The molecule has 94 valence electrons. The second kappa shape index (κ2) is 4.67. The first-order valence-corrected chi connectivity index (χ1v) is 5.86. The zero-order valence-corrected chi connectivity index (χ0v) is 10.9. The molecule has 1 unspecified atom stereocenters. The maximum absolute atomic E-state index is 9.07. The van der Waals surface area contributed by atoms with Crippen molar-refractivity contribution in [2.24, 2.45) is 0 Å². The van der Waals surface area contributed by atoms with Crippen molar-refractivity contribution in [1.82, 2.24) is 14.5 Å². The average molecular weight is 243 g/mol. The summed E-state index contributed by atoms with van der Waals surface area (Å²) >= 11 is 0. The van der Waals surface area contributed by atoms with E-state index in [1.165, 1.54) is 0 Å². The summed E-state index contributed by atoms with van der Waals surface area (Å²) in [4.78, 5) is 6.41. The Morgan fingerprint density at radius 3 is 2.83 bits per heavy atom. The van der Waals surface area contributed by atoms with Gasteiger partial charge in [-0.05, 0) is 33.2 Å². The minimum atomic E-state index is 0.207. The molecular weight excluding hydrogens is 226 g/mol. The maximum Gasteiger partial charge on any atom is 0.201 e. The summed E-state index contributed by atoms with van der Waals surface area (Å²) in [6, 6.07) is 7.93. The number of fused-ring (bicyclic) bond motifs is 1. The zero-order valence-electron chi connectivity index (χ0n) is 10.9. The number of nitrogens with zero attached hydrogens (tertiary/aromatic N) is 4. The number of hydrogen-bond donors (Lipinski definition) is 1. The Morgan fingerprint density at radius 2 is 2.22 bits per heavy atom. The van der Waals surface area contributed by atoms with Crippen molar-refractivity contribution in [2.45, 2.75) is 13.0 Å². The topological polar surface area (TPSA) is 70.9 Å². The van der Waals surface area contributed by atoms with E-state index in [0.717, 1.165) is 12.1 Å². The minimum absolute atomic E-state index is 0.207. The number of anilines is 1. The van der Waals surface area contributed by atoms with Crippen molar-refractivity contribution in [3.05, 3.63) is 23.8 Å². The maximum atomic E-state index is 9.07. The lowest BCUT2D eigenvalue weighted by molar-refractivity contribution is 0.342. The molecule has 2 rings (SSSR count). The fourth-order valence-electron chi connectivity index (χ4n) is 2.30. The van der Waals surface area contributed by atoms with Gasteiger partial charge in [0.15, 0.2) is 0 Å². The van der Waals surface area contributed by atoms with E-state index in [9.17, 15) is 0 Å². The van der Waals surface area contributed by atoms with Crippen LogP contribution in [0.5, 0.6) is 0 Å². The highest BCUT2D eigenvalue weighted by Gasteiger charge is 2.16. The Hall–Kier alpha value is -2.06. The Labute approximate surface area is 106 Å². The highest BCUT2D eigenvalue weighted by Crippen LogP contribution is 2.25. The van der Waals surface area contributed by atoms with Crippen molar-refractivity contribution in [3.63, 3.8) is 0 Å². The van der Waals surface area contributed by atoms with Crippen LogP contribution < -0.4 is 5.73 Å². The van der Waals surface area contributed by atoms with Gasteiger partial charge in [0, 0.05) is 12.6 Å². The third-order valence-electron chi connectivity index (χ3n) is 2.94. The number of nitrogen functional groups attached to an aromatic ring is 1. The molecule has 0 aliphatic carbocycles. The molecule has 0 fully saturated rings. The van der Waals surface area contributed by atoms with Gasteiger partial charge in [0.05, 0.1) is 11.1 Å². The van der Waals surface area contributed by atoms with Gasteiger partial charge in [-0.3, -0.25) is 0 Å². The van der Waals surface area contributed by atoms with Crippen LogP contribution in [0.2, 0.25) is 0 Å². The Balaban J connectivity index is 2.58. The van der Waals surface area contributed by atoms with Crippen LogP contribution >= 0.6 is 0 Å². The first-order chi connectivity index (χ1) is 8.54. The fraction of sp³-hybridized carbons (Fsp3) is 0.385. The summed E-state index contributed by atoms with van der Waals surface area (Å²) in [6.45, 7) is 2.96. The molecular formula is C13H17N5. The Morgan fingerprint density at radius 1 is 1.50 bits per heavy atom. The predicted octanol–water partition coefficient (Wildman–Crippen LogP) is 1.61. The number of nitrogens with two attached hydrogens (primary N) is 1. The van der Waals surface area contributed by atoms with E-state index in [0.29, 0.717) is 17.0 Å². The van der Waals surface area contributed by atoms with Crippen LogP contribution in [-0.4, -0.2) is 35.1 Å². The summed E-state index contributed by atoms with van der Waals surface area (Å²) in [5.41, 5.74) is 8.14. The molecule has 1 aromatic heterocycles. The number of para-hydroxylation sites is 1. The van der Waals surface area contributed by atoms with Gasteiger partial charge in [0.25, 0.3) is 0 Å². The molecule has 0 aliphatic rings. The lowest BCUT2D eigenvalue weighted by atomic mass is 10.2. The molecule has 0 amide bonds. The summed E-state index contributed by atoms with van der Waals surface area (Å²) in [5.74, 6) is 0.460. The summed E-state index contributed by atoms with van der Waals surface area (Å²) < 4.78 is 1.98. The van der Waals surface area contributed by atoms with Crippen LogP contribution in [0.4, 0.5) is 5.95 Å². The van der Waals surface area contributed by atoms with Crippen molar-refractivity contribution < 1.29 is 0 Å². The molecule has 0 bridgehead atoms. The van der Waals surface area contributed by atoms with Gasteiger partial charge in [-0.25, -0.2) is 4.98 Å². The first kappa shape index (κ1) is 12.4. The van der Waals surface area contributed by atoms with E-state index in [1.807, 2.05) is 30.8 Å². The number of nitriles is 1. The second-order valence-corrected chi connectivity index (χ2v) is 4.74. The third kappa shape index (κ3) is 2.03. The standard InChI is InChI=1S/C13H17N5/c1-9(8-17(2)3)18-11-6-4-5-10(7-14)12(11)16-13(18)15/h4-6,9H,8H2,1-3H3,(H2,15,16). The quantitative estimate of drug-likeness (QED) is 0.889. The molecule has 1 atom stereocenters. The van der Waals surface area contributed by atoms with Crippen LogP contribution in [0.25, 0.3) is 11.0 Å². The molecule has 5 nitrogen and oxygen atoms in total. The normalized spacial score (nSPS) is 12.8. The van der Waals surface area contributed by atoms with Crippen LogP contribution in [0, 0.1) is 11.3 Å². The SMILES string of the molecule is CC(CN(C)C)n1c(N)nc2c(C#N)cccc21. The minimum Gasteiger partial charge on any atom is -0.369 e. The molecule has 0 radical (unpaired) electrons. The molecule has 2 aromatic rings. The molecule has 1 aromatic carbocycles. The van der Waals surface area contributed by atoms with Crippen LogP contribution in [-0.2, 0) is 0 Å². The number of hydrogen-bond acceptors (Lipinski definition) is 4. The Kier molecular flexibility index (Phi) is 3.21. The van der Waals surface area contributed by atoms with Crippen LogP contribution in [0.1, 0.15) is 18.5 Å². The second-order valence-electron chi connectivity index (χ2n) is 4.74. The van der Waals surface area contributed by atoms with Gasteiger partial charge in [-0.2, -0.15) is 5.26 Å². The zero-order chi connectivity index (χ0) is 13.3. The first-order valence-electron chi connectivity index (χ1n) is 5.86. The predicted molar refractivity (Wildman–Crippen MR) is 72.1 cm³/mol. The van der Waals surface area contributed by atoms with Gasteiger partial charge in [-0.1, -0.05) is 6.07 Å². The molecule has 0 aliphatic heterocycles. The molecule has 0 spiro atoms. The van der Waals surface area contributed by atoms with Gasteiger partial charge in [-0.15, -0.1) is 0 Å². The van der Waals surface area contributed by atoms with Crippen molar-refractivity contribution in [1.29, 1.82) is 5.26 Å². The number of imidazole rings is 1. The third-order valence-corrected chi connectivity index (χ3v) is 2.94. The number of likely N-dealkylation sites (N-methyl/N-ethyl adjacent to an activating group) is 1. The molecule has 2 N–H and O–H groups in total. The monoisotopic (exact) mass is 243 g/mol. The molecule has 1 heterocycles. The molecule has 18 heavy (non-hydrogen) atoms. The van der Waals surface area contributed by atoms with E-state index >= 15 is 0 Å². The highest BCUT2D eigenvalue weighted by molar-refractivity contribution is 5.84. The van der Waals surface area contributed by atoms with Crippen LogP contribution in [0.15, 0.2) is 18.2 Å². The summed E-state index contributed by atoms with van der Waals surface area (Å²) in [7, 11) is 4.04. The largest absolute Gasteiger partial charge is 0.369 e. The summed E-state index contributed by atoms with van der Waals surface area (Å²) in [6.07, 6.45) is 0. The molecule has 5 heteroatoms. The van der Waals surface area contributed by atoms with Gasteiger partial charge in [0.2, 0.25) is 5.95 Å². The molecule has 0 saturated carbocycles. The lowest BCUT2D eigenvalue weighted by Crippen LogP contribution is -2.23. The fourth-order valence-corrected chi connectivity index (χ4v) is 2.30. The highest BCUT2D eigenvalue weighted by atomic mass is 15.2. The molecule has 0 saturated heterocycles. The van der Waals surface area contributed by atoms with E-state index in [1.54, 1.807) is 6.07 Å². The van der Waals surface area contributed by atoms with Crippen LogP contribution in [0.3, 0.4) is 0 Å².